The number of halogens is 1. The Labute approximate surface area is 112 Å². The number of nitrogens with two attached hydrogens (primary N) is 1. The van der Waals surface area contributed by atoms with E-state index in [1.54, 1.807) is 0 Å². The number of nitrogens with zero attached hydrogens (tertiary/aromatic N) is 1. The van der Waals surface area contributed by atoms with Gasteiger partial charge < -0.3 is 10.5 Å². The Morgan fingerprint density at radius 2 is 2.21 bits per heavy atom. The summed E-state index contributed by atoms with van der Waals surface area (Å²) in [5.41, 5.74) is 5.45. The second-order valence-electron chi connectivity index (χ2n) is 3.83. The maximum Gasteiger partial charge on any atom is 0.245 e. The van der Waals surface area contributed by atoms with Crippen molar-refractivity contribution in [3.05, 3.63) is 36.7 Å². The van der Waals surface area contributed by atoms with Gasteiger partial charge in [0.05, 0.1) is 12.3 Å². The van der Waals surface area contributed by atoms with Gasteiger partial charge in [-0.05, 0) is 18.2 Å². The van der Waals surface area contributed by atoms with Crippen molar-refractivity contribution in [2.75, 3.05) is 32.5 Å². The van der Waals surface area contributed by atoms with E-state index in [4.69, 9.17) is 10.5 Å². The number of nitrogen functional groups attached to an aromatic ring is 1. The molecule has 0 spiro atoms. The second kappa shape index (κ2) is 6.65. The van der Waals surface area contributed by atoms with Gasteiger partial charge in [-0.1, -0.05) is 6.08 Å². The topological polar surface area (TPSA) is 72.6 Å². The number of ether oxygens (including phenoxy) is 1. The van der Waals surface area contributed by atoms with E-state index >= 15 is 0 Å². The van der Waals surface area contributed by atoms with E-state index in [0.717, 1.165) is 18.2 Å². The van der Waals surface area contributed by atoms with Gasteiger partial charge in [-0.3, -0.25) is 0 Å². The fraction of sp³-hybridized carbons (Fsp3) is 0.333. The predicted molar refractivity (Wildman–Crippen MR) is 71.6 cm³/mol. The Kier molecular flexibility index (Phi) is 5.46. The molecule has 1 aromatic rings. The van der Waals surface area contributed by atoms with Crippen LogP contribution in [0.3, 0.4) is 0 Å². The normalized spacial score (nSPS) is 11.7. The lowest BCUT2D eigenvalue weighted by molar-refractivity contribution is 0.182. The number of benzene rings is 1. The van der Waals surface area contributed by atoms with E-state index in [9.17, 15) is 12.8 Å². The summed E-state index contributed by atoms with van der Waals surface area (Å²) in [7, 11) is -2.32. The van der Waals surface area contributed by atoms with Gasteiger partial charge in [0, 0.05) is 20.2 Å². The smallest absolute Gasteiger partial charge is 0.245 e. The molecule has 0 saturated carbocycles. The van der Waals surface area contributed by atoms with Crippen LogP contribution in [0.15, 0.2) is 35.7 Å². The van der Waals surface area contributed by atoms with Crippen molar-refractivity contribution >= 4 is 15.7 Å². The molecule has 1 aromatic carbocycles. The zero-order chi connectivity index (χ0) is 14.5. The zero-order valence-electron chi connectivity index (χ0n) is 10.7. The van der Waals surface area contributed by atoms with Crippen LogP contribution < -0.4 is 5.73 Å². The van der Waals surface area contributed by atoms with Crippen LogP contribution in [0, 0.1) is 5.82 Å². The van der Waals surface area contributed by atoms with Gasteiger partial charge in [-0.2, -0.15) is 4.31 Å². The van der Waals surface area contributed by atoms with Gasteiger partial charge in [-0.15, -0.1) is 6.58 Å². The monoisotopic (exact) mass is 288 g/mol. The van der Waals surface area contributed by atoms with Crippen molar-refractivity contribution in [2.45, 2.75) is 4.90 Å². The van der Waals surface area contributed by atoms with Crippen molar-refractivity contribution in [3.8, 4) is 0 Å². The largest absolute Gasteiger partial charge is 0.398 e. The quantitative estimate of drug-likeness (QED) is 0.605. The zero-order valence-corrected chi connectivity index (χ0v) is 11.5. The molecular weight excluding hydrogens is 271 g/mol. The van der Waals surface area contributed by atoms with E-state index in [2.05, 4.69) is 6.58 Å². The van der Waals surface area contributed by atoms with Crippen LogP contribution in [-0.4, -0.2) is 39.5 Å². The highest BCUT2D eigenvalue weighted by molar-refractivity contribution is 7.89. The fourth-order valence-electron chi connectivity index (χ4n) is 1.54. The highest BCUT2D eigenvalue weighted by Gasteiger charge is 2.25. The van der Waals surface area contributed by atoms with Crippen molar-refractivity contribution < 1.29 is 17.5 Å². The Balaban J connectivity index is 3.14. The molecule has 5 nitrogen and oxygen atoms in total. The summed E-state index contributed by atoms with van der Waals surface area (Å²) in [6.07, 6.45) is 1.47. The van der Waals surface area contributed by atoms with Crippen LogP contribution in [-0.2, 0) is 14.8 Å². The molecule has 0 unspecified atom stereocenters. The van der Waals surface area contributed by atoms with Crippen molar-refractivity contribution in [1.29, 1.82) is 0 Å². The van der Waals surface area contributed by atoms with Gasteiger partial charge in [-0.25, -0.2) is 12.8 Å². The molecule has 0 aromatic heterocycles. The third-order valence-electron chi connectivity index (χ3n) is 2.47. The molecule has 7 heteroatoms. The maximum absolute atomic E-state index is 13.0. The summed E-state index contributed by atoms with van der Waals surface area (Å²) in [6, 6.07) is 3.20. The molecule has 0 fully saturated rings. The number of hydrogen-bond donors (Lipinski definition) is 1. The average molecular weight is 288 g/mol. The summed E-state index contributed by atoms with van der Waals surface area (Å²) in [6.45, 7) is 4.05. The molecule has 19 heavy (non-hydrogen) atoms. The Bertz CT molecular complexity index is 546. The summed E-state index contributed by atoms with van der Waals surface area (Å²) in [5, 5.41) is 0. The van der Waals surface area contributed by atoms with Crippen LogP contribution in [0.2, 0.25) is 0 Å². The molecule has 2 N–H and O–H groups in total. The first-order valence-electron chi connectivity index (χ1n) is 5.58. The van der Waals surface area contributed by atoms with Crippen LogP contribution in [0.1, 0.15) is 0 Å². The second-order valence-corrected chi connectivity index (χ2v) is 5.73. The molecule has 1 rings (SSSR count). The lowest BCUT2D eigenvalue weighted by atomic mass is 10.3. The number of rotatable bonds is 7. The SMILES string of the molecule is C=CCN(CCOC)S(=O)(=O)c1ccc(F)cc1N. The van der Waals surface area contributed by atoms with E-state index in [1.165, 1.54) is 17.5 Å². The predicted octanol–water partition coefficient (Wildman–Crippen LogP) is 1.23. The minimum absolute atomic E-state index is 0.119. The standard InChI is InChI=1S/C12H17FN2O3S/c1-3-6-15(7-8-18-2)19(16,17)12-5-4-10(13)9-11(12)14/h3-5,9H,1,6-8,14H2,2H3. The minimum Gasteiger partial charge on any atom is -0.398 e. The molecule has 0 heterocycles. The number of methoxy groups -OCH3 is 1. The summed E-state index contributed by atoms with van der Waals surface area (Å²) >= 11 is 0. The van der Waals surface area contributed by atoms with Crippen LogP contribution in [0.4, 0.5) is 10.1 Å². The van der Waals surface area contributed by atoms with Crippen LogP contribution in [0.25, 0.3) is 0 Å². The third kappa shape index (κ3) is 3.76. The first-order valence-corrected chi connectivity index (χ1v) is 7.02. The molecule has 0 radical (unpaired) electrons. The molecule has 0 aliphatic rings. The molecular formula is C12H17FN2O3S. The lowest BCUT2D eigenvalue weighted by Gasteiger charge is -2.21. The first-order chi connectivity index (χ1) is 8.93. The average Bonchev–Trinajstić information content (AvgIpc) is 2.33. The van der Waals surface area contributed by atoms with Gasteiger partial charge in [0.2, 0.25) is 10.0 Å². The first kappa shape index (κ1) is 15.6. The summed E-state index contributed by atoms with van der Waals surface area (Å²) in [5.74, 6) is -0.580. The highest BCUT2D eigenvalue weighted by Crippen LogP contribution is 2.23. The van der Waals surface area contributed by atoms with Gasteiger partial charge in [0.1, 0.15) is 10.7 Å². The number of hydrogen-bond acceptors (Lipinski definition) is 4. The molecule has 106 valence electrons. The summed E-state index contributed by atoms with van der Waals surface area (Å²) < 4.78 is 43.8. The number of sulfonamides is 1. The van der Waals surface area contributed by atoms with Gasteiger partial charge in [0.25, 0.3) is 0 Å². The fourth-order valence-corrected chi connectivity index (χ4v) is 3.03. The van der Waals surface area contributed by atoms with E-state index in [1.807, 2.05) is 0 Å². The number of anilines is 1. The van der Waals surface area contributed by atoms with E-state index in [0.29, 0.717) is 0 Å². The van der Waals surface area contributed by atoms with Crippen molar-refractivity contribution in [2.24, 2.45) is 0 Å². The molecule has 0 aliphatic carbocycles. The Hall–Kier alpha value is -1.44. The van der Waals surface area contributed by atoms with Gasteiger partial charge in [0.15, 0.2) is 0 Å². The van der Waals surface area contributed by atoms with E-state index in [-0.39, 0.29) is 30.3 Å². The molecule has 0 atom stereocenters. The lowest BCUT2D eigenvalue weighted by Crippen LogP contribution is -2.34. The minimum atomic E-state index is -3.79. The van der Waals surface area contributed by atoms with Crippen molar-refractivity contribution in [3.63, 3.8) is 0 Å². The molecule has 0 bridgehead atoms. The van der Waals surface area contributed by atoms with Gasteiger partial charge >= 0.3 is 0 Å². The van der Waals surface area contributed by atoms with E-state index < -0.39 is 15.8 Å². The Morgan fingerprint density at radius 3 is 2.74 bits per heavy atom. The van der Waals surface area contributed by atoms with Crippen LogP contribution >= 0.6 is 0 Å². The molecule has 0 amide bonds. The maximum atomic E-state index is 13.0. The van der Waals surface area contributed by atoms with Crippen LogP contribution in [0.5, 0.6) is 0 Å². The molecule has 0 aliphatic heterocycles. The third-order valence-corrected chi connectivity index (χ3v) is 4.41. The van der Waals surface area contributed by atoms with Crippen molar-refractivity contribution in [1.82, 2.24) is 4.31 Å². The Morgan fingerprint density at radius 1 is 1.53 bits per heavy atom. The molecule has 0 saturated heterocycles. The highest BCUT2D eigenvalue weighted by atomic mass is 32.2. The summed E-state index contributed by atoms with van der Waals surface area (Å²) in [4.78, 5) is -0.119.